The molecule has 178 valence electrons. The molecule has 8 heteroatoms. The van der Waals surface area contributed by atoms with Crippen LogP contribution in [0.2, 0.25) is 0 Å². The Morgan fingerprint density at radius 2 is 1.91 bits per heavy atom. The third-order valence-electron chi connectivity index (χ3n) is 6.06. The van der Waals surface area contributed by atoms with Crippen molar-refractivity contribution in [2.75, 3.05) is 39.2 Å². The molecule has 0 atom stereocenters. The number of nitrogens with two attached hydrogens (primary N) is 1. The number of nitrogens with zero attached hydrogens (tertiary/aromatic N) is 4. The second kappa shape index (κ2) is 14.6. The van der Waals surface area contributed by atoms with Crippen molar-refractivity contribution >= 4 is 23.9 Å². The van der Waals surface area contributed by atoms with Gasteiger partial charge in [0.15, 0.2) is 0 Å². The van der Waals surface area contributed by atoms with Gasteiger partial charge in [-0.15, -0.1) is 0 Å². The van der Waals surface area contributed by atoms with E-state index in [9.17, 15) is 4.79 Å². The summed E-state index contributed by atoms with van der Waals surface area (Å²) in [5.41, 5.74) is 6.46. The number of hydrogen-bond donors (Lipinski definition) is 2. The summed E-state index contributed by atoms with van der Waals surface area (Å²) in [6, 6.07) is 3.71. The van der Waals surface area contributed by atoms with E-state index >= 15 is 0 Å². The molecular formula is C24H40N6O2. The number of guanidine groups is 1. The van der Waals surface area contributed by atoms with Gasteiger partial charge in [-0.1, -0.05) is 32.1 Å². The highest BCUT2D eigenvalue weighted by Crippen LogP contribution is 2.39. The molecule has 0 saturated heterocycles. The molecule has 0 aromatic carbocycles. The Kier molecular flexibility index (Phi) is 11.7. The lowest BCUT2D eigenvalue weighted by Crippen LogP contribution is -2.40. The standard InChI is InChI=1S/C24H40N6O2/c1-30(18-24(19-32-2)13-7-8-14-24)22(31)10-6-4-3-5-9-15-27-23(28-20-25)29-21-11-16-26-17-12-21/h11-12,16-17,20H,3-10,13-15,18-19H2,1-2H3,(H3,25,26,27,28,29). The Morgan fingerprint density at radius 1 is 1.22 bits per heavy atom. The van der Waals surface area contributed by atoms with Crippen LogP contribution in [0.5, 0.6) is 0 Å². The Morgan fingerprint density at radius 3 is 2.59 bits per heavy atom. The fourth-order valence-corrected chi connectivity index (χ4v) is 4.41. The van der Waals surface area contributed by atoms with Gasteiger partial charge >= 0.3 is 0 Å². The van der Waals surface area contributed by atoms with E-state index < -0.39 is 0 Å². The number of unbranched alkanes of at least 4 members (excludes halogenated alkanes) is 4. The molecule has 32 heavy (non-hydrogen) atoms. The Bertz CT molecular complexity index is 716. The minimum atomic E-state index is 0.165. The lowest BCUT2D eigenvalue weighted by atomic mass is 9.86. The van der Waals surface area contributed by atoms with Crippen LogP contribution in [0.25, 0.3) is 0 Å². The SMILES string of the molecule is COCC1(CN(C)C(=O)CCCCCCCN=C(N=CN)Nc2ccncc2)CCCC1. The van der Waals surface area contributed by atoms with Gasteiger partial charge < -0.3 is 20.7 Å². The van der Waals surface area contributed by atoms with E-state index in [2.05, 4.69) is 20.3 Å². The zero-order chi connectivity index (χ0) is 23.1. The molecule has 2 rings (SSSR count). The first-order chi connectivity index (χ1) is 15.6. The molecule has 1 amide bonds. The Balaban J connectivity index is 1.59. The number of pyridine rings is 1. The zero-order valence-electron chi connectivity index (χ0n) is 19.8. The maximum atomic E-state index is 12.5. The van der Waals surface area contributed by atoms with Gasteiger partial charge in [-0.25, -0.2) is 4.99 Å². The van der Waals surface area contributed by atoms with Gasteiger partial charge in [0.2, 0.25) is 11.9 Å². The van der Waals surface area contributed by atoms with E-state index in [1.165, 1.54) is 19.2 Å². The second-order valence-electron chi connectivity index (χ2n) is 8.75. The van der Waals surface area contributed by atoms with Crippen molar-refractivity contribution in [3.05, 3.63) is 24.5 Å². The van der Waals surface area contributed by atoms with Crippen molar-refractivity contribution in [3.63, 3.8) is 0 Å². The number of aromatic nitrogens is 1. The number of nitrogens with one attached hydrogen (secondary N) is 1. The summed E-state index contributed by atoms with van der Waals surface area (Å²) in [5.74, 6) is 0.754. The summed E-state index contributed by atoms with van der Waals surface area (Å²) < 4.78 is 5.45. The van der Waals surface area contributed by atoms with Crippen molar-refractivity contribution in [2.24, 2.45) is 21.1 Å². The Hall–Kier alpha value is -2.48. The summed E-state index contributed by atoms with van der Waals surface area (Å²) in [6.07, 6.45) is 15.3. The molecule has 0 radical (unpaired) electrons. The van der Waals surface area contributed by atoms with Crippen LogP contribution in [0.15, 0.2) is 34.5 Å². The highest BCUT2D eigenvalue weighted by atomic mass is 16.5. The molecule has 3 N–H and O–H groups in total. The van der Waals surface area contributed by atoms with Gasteiger partial charge in [0.05, 0.1) is 12.9 Å². The predicted octanol–water partition coefficient (Wildman–Crippen LogP) is 3.84. The van der Waals surface area contributed by atoms with Crippen molar-refractivity contribution in [1.29, 1.82) is 0 Å². The van der Waals surface area contributed by atoms with E-state index in [4.69, 9.17) is 10.5 Å². The van der Waals surface area contributed by atoms with Crippen molar-refractivity contribution in [2.45, 2.75) is 64.2 Å². The molecule has 1 fully saturated rings. The summed E-state index contributed by atoms with van der Waals surface area (Å²) >= 11 is 0. The summed E-state index contributed by atoms with van der Waals surface area (Å²) in [4.78, 5) is 27.0. The largest absolute Gasteiger partial charge is 0.390 e. The third kappa shape index (κ3) is 9.34. The lowest BCUT2D eigenvalue weighted by molar-refractivity contribution is -0.132. The first-order valence-corrected chi connectivity index (χ1v) is 11.8. The van der Waals surface area contributed by atoms with Crippen LogP contribution in [0.3, 0.4) is 0 Å². The topological polar surface area (TPSA) is 105 Å². The maximum absolute atomic E-state index is 12.5. The molecule has 0 spiro atoms. The molecule has 1 aliphatic rings. The van der Waals surface area contributed by atoms with Crippen LogP contribution < -0.4 is 11.1 Å². The minimum Gasteiger partial charge on any atom is -0.390 e. The van der Waals surface area contributed by atoms with Gasteiger partial charge in [0.1, 0.15) is 0 Å². The van der Waals surface area contributed by atoms with Crippen LogP contribution in [0.1, 0.15) is 64.2 Å². The molecule has 1 aliphatic carbocycles. The van der Waals surface area contributed by atoms with E-state index in [0.717, 1.165) is 63.8 Å². The van der Waals surface area contributed by atoms with Crippen LogP contribution in [0, 0.1) is 5.41 Å². The van der Waals surface area contributed by atoms with Crippen LogP contribution >= 0.6 is 0 Å². The van der Waals surface area contributed by atoms with Gasteiger partial charge in [-0.3, -0.25) is 14.8 Å². The minimum absolute atomic E-state index is 0.165. The molecule has 0 unspecified atom stereocenters. The number of aliphatic imine (C=N–C) groups is 2. The molecule has 0 aliphatic heterocycles. The maximum Gasteiger partial charge on any atom is 0.223 e. The number of methoxy groups -OCH3 is 1. The van der Waals surface area contributed by atoms with E-state index in [0.29, 0.717) is 18.9 Å². The summed E-state index contributed by atoms with van der Waals surface area (Å²) in [5, 5.41) is 3.13. The number of hydrogen-bond acceptors (Lipinski definition) is 4. The zero-order valence-corrected chi connectivity index (χ0v) is 19.8. The fraction of sp³-hybridized carbons (Fsp3) is 0.667. The van der Waals surface area contributed by atoms with Gasteiger partial charge in [0.25, 0.3) is 0 Å². The quantitative estimate of drug-likeness (QED) is 0.273. The smallest absolute Gasteiger partial charge is 0.223 e. The highest BCUT2D eigenvalue weighted by Gasteiger charge is 2.35. The normalized spacial score (nSPS) is 15.9. The van der Waals surface area contributed by atoms with E-state index in [1.807, 2.05) is 24.1 Å². The summed E-state index contributed by atoms with van der Waals surface area (Å²) in [7, 11) is 3.70. The average Bonchev–Trinajstić information content (AvgIpc) is 3.24. The number of rotatable bonds is 13. The van der Waals surface area contributed by atoms with Crippen molar-refractivity contribution in [1.82, 2.24) is 9.88 Å². The van der Waals surface area contributed by atoms with Crippen LogP contribution in [0.4, 0.5) is 5.69 Å². The molecule has 0 bridgehead atoms. The fourth-order valence-electron chi connectivity index (χ4n) is 4.41. The third-order valence-corrected chi connectivity index (χ3v) is 6.06. The molecule has 1 saturated carbocycles. The van der Waals surface area contributed by atoms with Crippen LogP contribution in [-0.2, 0) is 9.53 Å². The van der Waals surface area contributed by atoms with Gasteiger partial charge in [0, 0.05) is 57.2 Å². The lowest BCUT2D eigenvalue weighted by Gasteiger charge is -2.33. The number of carbonyl (C=O) groups excluding carboxylic acids is 1. The predicted molar refractivity (Wildman–Crippen MR) is 131 cm³/mol. The molecule has 1 heterocycles. The van der Waals surface area contributed by atoms with Crippen molar-refractivity contribution < 1.29 is 9.53 Å². The van der Waals surface area contributed by atoms with E-state index in [1.54, 1.807) is 19.5 Å². The number of ether oxygens (including phenoxy) is 1. The monoisotopic (exact) mass is 444 g/mol. The molecular weight excluding hydrogens is 404 g/mol. The first-order valence-electron chi connectivity index (χ1n) is 11.8. The van der Waals surface area contributed by atoms with Crippen LogP contribution in [-0.4, -0.2) is 61.9 Å². The molecule has 1 aromatic heterocycles. The summed E-state index contributed by atoms with van der Waals surface area (Å²) in [6.45, 7) is 2.26. The Labute approximate surface area is 192 Å². The van der Waals surface area contributed by atoms with Gasteiger partial charge in [-0.2, -0.15) is 0 Å². The van der Waals surface area contributed by atoms with Gasteiger partial charge in [-0.05, 0) is 37.8 Å². The number of amides is 1. The average molecular weight is 445 g/mol. The second-order valence-corrected chi connectivity index (χ2v) is 8.75. The number of carbonyl (C=O) groups is 1. The highest BCUT2D eigenvalue weighted by molar-refractivity contribution is 5.97. The first kappa shape index (κ1) is 25.8. The van der Waals surface area contributed by atoms with Crippen molar-refractivity contribution in [3.8, 4) is 0 Å². The van der Waals surface area contributed by atoms with E-state index in [-0.39, 0.29) is 11.3 Å². The number of anilines is 1. The molecule has 1 aromatic rings. The molecule has 8 nitrogen and oxygen atoms in total.